The fourth-order valence-corrected chi connectivity index (χ4v) is 1.89. The number of nitrogens with zero attached hydrogens (tertiary/aromatic N) is 1. The van der Waals surface area contributed by atoms with E-state index in [-0.39, 0.29) is 18.4 Å². The van der Waals surface area contributed by atoms with Crippen molar-refractivity contribution in [1.29, 1.82) is 0 Å². The highest BCUT2D eigenvalue weighted by Gasteiger charge is 2.15. The van der Waals surface area contributed by atoms with Gasteiger partial charge in [0.05, 0.1) is 19.4 Å². The molecule has 0 radical (unpaired) electrons. The van der Waals surface area contributed by atoms with Gasteiger partial charge in [0.1, 0.15) is 5.76 Å². The number of nitrogens with one attached hydrogen (secondary N) is 1. The minimum Gasteiger partial charge on any atom is -0.467 e. The maximum Gasteiger partial charge on any atom is 0.239 e. The van der Waals surface area contributed by atoms with Gasteiger partial charge in [-0.2, -0.15) is 0 Å². The lowest BCUT2D eigenvalue weighted by Gasteiger charge is -2.19. The van der Waals surface area contributed by atoms with E-state index in [1.807, 2.05) is 30.3 Å². The summed E-state index contributed by atoms with van der Waals surface area (Å²) in [5.41, 5.74) is 1.02. The molecule has 1 heterocycles. The molecule has 2 rings (SSSR count). The van der Waals surface area contributed by atoms with Crippen molar-refractivity contribution in [3.63, 3.8) is 0 Å². The molecule has 0 aliphatic heterocycles. The first-order valence-corrected chi connectivity index (χ1v) is 6.73. The van der Waals surface area contributed by atoms with E-state index < -0.39 is 0 Å². The Bertz CT molecular complexity index is 579. The smallest absolute Gasteiger partial charge is 0.239 e. The Morgan fingerprint density at radius 2 is 1.90 bits per heavy atom. The van der Waals surface area contributed by atoms with Crippen LogP contribution in [0, 0.1) is 0 Å². The van der Waals surface area contributed by atoms with Crippen LogP contribution in [0.3, 0.4) is 0 Å². The van der Waals surface area contributed by atoms with Gasteiger partial charge in [-0.15, -0.1) is 0 Å². The van der Waals surface area contributed by atoms with Gasteiger partial charge >= 0.3 is 0 Å². The van der Waals surface area contributed by atoms with E-state index in [4.69, 9.17) is 4.42 Å². The zero-order valence-electron chi connectivity index (χ0n) is 11.9. The van der Waals surface area contributed by atoms with Crippen molar-refractivity contribution in [2.24, 2.45) is 0 Å². The lowest BCUT2D eigenvalue weighted by Crippen LogP contribution is -2.39. The third-order valence-corrected chi connectivity index (χ3v) is 3.04. The number of rotatable bonds is 6. The first kappa shape index (κ1) is 14.8. The highest BCUT2D eigenvalue weighted by Crippen LogP contribution is 2.05. The standard InChI is InChI=1S/C16H18N2O3/c1-13(19)18(11-15-8-5-9-21-15)12-16(20)17-10-14-6-3-2-4-7-14/h2-9H,10-12H2,1H3,(H,17,20). The Morgan fingerprint density at radius 3 is 2.52 bits per heavy atom. The molecule has 1 aromatic heterocycles. The molecular weight excluding hydrogens is 268 g/mol. The summed E-state index contributed by atoms with van der Waals surface area (Å²) in [6.45, 7) is 2.20. The van der Waals surface area contributed by atoms with Crippen LogP contribution in [0.1, 0.15) is 18.2 Å². The Morgan fingerprint density at radius 1 is 1.14 bits per heavy atom. The lowest BCUT2D eigenvalue weighted by molar-refractivity contribution is -0.135. The predicted octanol–water partition coefficient (Wildman–Crippen LogP) is 1.94. The van der Waals surface area contributed by atoms with E-state index in [1.54, 1.807) is 18.4 Å². The monoisotopic (exact) mass is 286 g/mol. The van der Waals surface area contributed by atoms with Crippen molar-refractivity contribution in [2.75, 3.05) is 6.54 Å². The second-order valence-corrected chi connectivity index (χ2v) is 4.72. The number of furan rings is 1. The van der Waals surface area contributed by atoms with Gasteiger partial charge in [-0.1, -0.05) is 30.3 Å². The Kier molecular flexibility index (Phi) is 5.15. The fourth-order valence-electron chi connectivity index (χ4n) is 1.89. The summed E-state index contributed by atoms with van der Waals surface area (Å²) in [5, 5.41) is 2.80. The first-order valence-electron chi connectivity index (χ1n) is 6.73. The number of carbonyl (C=O) groups excluding carboxylic acids is 2. The van der Waals surface area contributed by atoms with Crippen molar-refractivity contribution >= 4 is 11.8 Å². The minimum absolute atomic E-state index is 0.0167. The van der Waals surface area contributed by atoms with Crippen molar-refractivity contribution in [3.8, 4) is 0 Å². The summed E-state index contributed by atoms with van der Waals surface area (Å²) >= 11 is 0. The molecule has 0 saturated carbocycles. The van der Waals surface area contributed by atoms with Crippen LogP contribution in [0.25, 0.3) is 0 Å². The van der Waals surface area contributed by atoms with E-state index in [9.17, 15) is 9.59 Å². The molecule has 21 heavy (non-hydrogen) atoms. The van der Waals surface area contributed by atoms with Gasteiger partial charge in [0.2, 0.25) is 11.8 Å². The van der Waals surface area contributed by atoms with Crippen LogP contribution in [0.5, 0.6) is 0 Å². The van der Waals surface area contributed by atoms with Gasteiger partial charge < -0.3 is 14.6 Å². The summed E-state index contributed by atoms with van der Waals surface area (Å²) in [6.07, 6.45) is 1.54. The normalized spacial score (nSPS) is 10.1. The molecule has 0 spiro atoms. The van der Waals surface area contributed by atoms with E-state index in [1.165, 1.54) is 11.8 Å². The molecule has 5 nitrogen and oxygen atoms in total. The van der Waals surface area contributed by atoms with Gasteiger partial charge in [-0.25, -0.2) is 0 Å². The number of amides is 2. The maximum absolute atomic E-state index is 11.9. The van der Waals surface area contributed by atoms with Crippen molar-refractivity contribution in [2.45, 2.75) is 20.0 Å². The minimum atomic E-state index is -0.194. The Labute approximate surface area is 123 Å². The van der Waals surface area contributed by atoms with Gasteiger partial charge in [-0.3, -0.25) is 9.59 Å². The summed E-state index contributed by atoms with van der Waals surface area (Å²) in [7, 11) is 0. The number of carbonyl (C=O) groups is 2. The first-order chi connectivity index (χ1) is 10.1. The van der Waals surface area contributed by atoms with E-state index in [0.717, 1.165) is 5.56 Å². The Balaban J connectivity index is 1.85. The largest absolute Gasteiger partial charge is 0.467 e. The molecule has 0 aliphatic rings. The van der Waals surface area contributed by atoms with Crippen molar-refractivity contribution in [3.05, 3.63) is 60.1 Å². The maximum atomic E-state index is 11.9. The summed E-state index contributed by atoms with van der Waals surface area (Å²) in [5.74, 6) is 0.294. The molecule has 2 aromatic rings. The topological polar surface area (TPSA) is 62.6 Å². The molecule has 1 N–H and O–H groups in total. The summed E-state index contributed by atoms with van der Waals surface area (Å²) in [6, 6.07) is 13.2. The average molecular weight is 286 g/mol. The number of hydrogen-bond donors (Lipinski definition) is 1. The van der Waals surface area contributed by atoms with Gasteiger partial charge in [0.15, 0.2) is 0 Å². The highest BCUT2D eigenvalue weighted by atomic mass is 16.3. The number of hydrogen-bond acceptors (Lipinski definition) is 3. The summed E-state index contributed by atoms with van der Waals surface area (Å²) < 4.78 is 5.20. The molecule has 5 heteroatoms. The molecule has 0 unspecified atom stereocenters. The molecule has 0 saturated heterocycles. The van der Waals surface area contributed by atoms with Crippen LogP contribution >= 0.6 is 0 Å². The lowest BCUT2D eigenvalue weighted by atomic mass is 10.2. The zero-order valence-corrected chi connectivity index (χ0v) is 11.9. The van der Waals surface area contributed by atoms with Crippen molar-refractivity contribution < 1.29 is 14.0 Å². The third-order valence-electron chi connectivity index (χ3n) is 3.04. The van der Waals surface area contributed by atoms with Crippen LogP contribution in [-0.4, -0.2) is 23.3 Å². The molecule has 110 valence electrons. The highest BCUT2D eigenvalue weighted by molar-refractivity contribution is 5.83. The average Bonchev–Trinajstić information content (AvgIpc) is 2.98. The number of benzene rings is 1. The zero-order chi connectivity index (χ0) is 15.1. The van der Waals surface area contributed by atoms with E-state index in [2.05, 4.69) is 5.32 Å². The molecule has 1 aromatic carbocycles. The molecule has 0 atom stereocenters. The fraction of sp³-hybridized carbons (Fsp3) is 0.250. The van der Waals surface area contributed by atoms with Gasteiger partial charge in [-0.05, 0) is 17.7 Å². The second kappa shape index (κ2) is 7.28. The van der Waals surface area contributed by atoms with Gasteiger partial charge in [0, 0.05) is 13.5 Å². The van der Waals surface area contributed by atoms with E-state index >= 15 is 0 Å². The molecule has 0 aliphatic carbocycles. The SMILES string of the molecule is CC(=O)N(CC(=O)NCc1ccccc1)Cc1ccco1. The predicted molar refractivity (Wildman–Crippen MR) is 78.1 cm³/mol. The van der Waals surface area contributed by atoms with Crippen LogP contribution in [0.2, 0.25) is 0 Å². The van der Waals surface area contributed by atoms with Crippen LogP contribution in [0.4, 0.5) is 0 Å². The van der Waals surface area contributed by atoms with E-state index in [0.29, 0.717) is 18.8 Å². The quantitative estimate of drug-likeness (QED) is 0.882. The van der Waals surface area contributed by atoms with Crippen LogP contribution < -0.4 is 5.32 Å². The van der Waals surface area contributed by atoms with Crippen molar-refractivity contribution in [1.82, 2.24) is 10.2 Å². The van der Waals surface area contributed by atoms with Crippen LogP contribution in [-0.2, 0) is 22.7 Å². The van der Waals surface area contributed by atoms with Gasteiger partial charge in [0.25, 0.3) is 0 Å². The molecule has 0 bridgehead atoms. The molecular formula is C16H18N2O3. The molecule has 2 amide bonds. The van der Waals surface area contributed by atoms with Crippen LogP contribution in [0.15, 0.2) is 53.1 Å². The second-order valence-electron chi connectivity index (χ2n) is 4.72. The summed E-state index contributed by atoms with van der Waals surface area (Å²) in [4.78, 5) is 25.0. The third kappa shape index (κ3) is 4.80. The molecule has 0 fully saturated rings. The Hall–Kier alpha value is -2.56.